The summed E-state index contributed by atoms with van der Waals surface area (Å²) in [5.41, 5.74) is 4.11. The molecule has 0 aliphatic heterocycles. The average molecular weight is 619 g/mol. The van der Waals surface area contributed by atoms with Crippen molar-refractivity contribution in [2.75, 3.05) is 24.7 Å². The van der Waals surface area contributed by atoms with E-state index in [-0.39, 0.29) is 22.9 Å². The van der Waals surface area contributed by atoms with Gasteiger partial charge in [0.1, 0.15) is 11.6 Å². The van der Waals surface area contributed by atoms with Crippen molar-refractivity contribution in [1.29, 1.82) is 5.26 Å². The molecule has 0 bridgehead atoms. The van der Waals surface area contributed by atoms with E-state index in [9.17, 15) is 22.9 Å². The molecule has 0 fully saturated rings. The lowest BCUT2D eigenvalue weighted by Crippen LogP contribution is -2.26. The number of rotatable bonds is 5. The maximum absolute atomic E-state index is 13.7. The Morgan fingerprint density at radius 3 is 2.51 bits per heavy atom. The number of nitrogens with one attached hydrogen (secondary N) is 1. The quantitative estimate of drug-likeness (QED) is 0.255. The number of nitrogens with zero attached hydrogens (tertiary/aromatic N) is 5. The van der Waals surface area contributed by atoms with Crippen LogP contribution in [0.25, 0.3) is 61.0 Å². The second-order valence-corrected chi connectivity index (χ2v) is 12.5. The van der Waals surface area contributed by atoms with Gasteiger partial charge < -0.3 is 14.1 Å². The van der Waals surface area contributed by atoms with Crippen molar-refractivity contribution in [2.45, 2.75) is 0 Å². The number of anilines is 1. The maximum Gasteiger partial charge on any atom is 0.255 e. The molecule has 0 aliphatic carbocycles. The summed E-state index contributed by atoms with van der Waals surface area (Å²) in [5.74, 6) is -0.723. The number of sulfonamides is 1. The number of carbonyl (C=O) groups excluding carboxylic acids is 1. The minimum absolute atomic E-state index is 0.0206. The number of hydrogen-bond acceptors (Lipinski definition) is 7. The van der Waals surface area contributed by atoms with Crippen molar-refractivity contribution in [3.8, 4) is 28.7 Å². The summed E-state index contributed by atoms with van der Waals surface area (Å²) >= 11 is 0. The van der Waals surface area contributed by atoms with E-state index in [1.807, 2.05) is 40.9 Å². The first-order valence-corrected chi connectivity index (χ1v) is 15.6. The number of halogens is 1. The zero-order valence-electron chi connectivity index (χ0n) is 24.2. The first-order chi connectivity index (χ1) is 21.6. The van der Waals surface area contributed by atoms with Crippen LogP contribution in [0.4, 0.5) is 10.2 Å². The highest BCUT2D eigenvalue weighted by Gasteiger charge is 2.27. The molecule has 1 amide bonds. The van der Waals surface area contributed by atoms with Crippen LogP contribution in [0.1, 0.15) is 15.9 Å². The SMILES string of the molecule is CNC(=O)c1c(-c2ccc(F)cc2)oc2nc(N(C)S(C)(=O)=O)c(-c3ccc4ccn5c6cccc(C#N)c6cc5c4n3)cc12. The summed E-state index contributed by atoms with van der Waals surface area (Å²) in [4.78, 5) is 22.8. The Morgan fingerprint density at radius 2 is 1.80 bits per heavy atom. The molecule has 12 heteroatoms. The van der Waals surface area contributed by atoms with Crippen molar-refractivity contribution < 1.29 is 22.0 Å². The van der Waals surface area contributed by atoms with E-state index >= 15 is 0 Å². The molecule has 7 rings (SSSR count). The van der Waals surface area contributed by atoms with Gasteiger partial charge in [-0.05, 0) is 60.7 Å². The Hall–Kier alpha value is -5.80. The van der Waals surface area contributed by atoms with Gasteiger partial charge in [0.25, 0.3) is 5.91 Å². The molecule has 0 radical (unpaired) electrons. The topological polar surface area (TPSA) is 134 Å². The van der Waals surface area contributed by atoms with Crippen LogP contribution < -0.4 is 9.62 Å². The van der Waals surface area contributed by atoms with Crippen LogP contribution in [0.15, 0.2) is 83.4 Å². The van der Waals surface area contributed by atoms with Gasteiger partial charge in [0.2, 0.25) is 15.7 Å². The van der Waals surface area contributed by atoms with Crippen LogP contribution in [0.3, 0.4) is 0 Å². The fraction of sp³-hybridized carbons (Fsp3) is 0.0909. The lowest BCUT2D eigenvalue weighted by atomic mass is 10.0. The number of pyridine rings is 3. The van der Waals surface area contributed by atoms with Gasteiger partial charge in [0, 0.05) is 42.2 Å². The van der Waals surface area contributed by atoms with Gasteiger partial charge >= 0.3 is 0 Å². The molecular weight excluding hydrogens is 595 g/mol. The highest BCUT2D eigenvalue weighted by atomic mass is 32.2. The van der Waals surface area contributed by atoms with Crippen LogP contribution in [0, 0.1) is 17.1 Å². The second kappa shape index (κ2) is 10.1. The third kappa shape index (κ3) is 4.44. The number of fused-ring (bicyclic) bond motifs is 6. The molecule has 10 nitrogen and oxygen atoms in total. The Morgan fingerprint density at radius 1 is 1.02 bits per heavy atom. The normalized spacial score (nSPS) is 11.8. The van der Waals surface area contributed by atoms with E-state index in [0.717, 1.165) is 32.4 Å². The molecular formula is C33H23FN6O4S. The van der Waals surface area contributed by atoms with Crippen molar-refractivity contribution in [3.05, 3.63) is 95.9 Å². The Bertz CT molecular complexity index is 2510. The minimum Gasteiger partial charge on any atom is -0.437 e. The van der Waals surface area contributed by atoms with Crippen molar-refractivity contribution in [1.82, 2.24) is 19.7 Å². The molecule has 0 saturated carbocycles. The van der Waals surface area contributed by atoms with E-state index in [0.29, 0.717) is 33.3 Å². The maximum atomic E-state index is 13.7. The van der Waals surface area contributed by atoms with Gasteiger partial charge in [-0.1, -0.05) is 12.1 Å². The van der Waals surface area contributed by atoms with Gasteiger partial charge in [-0.3, -0.25) is 9.10 Å². The highest BCUT2D eigenvalue weighted by molar-refractivity contribution is 7.92. The molecule has 0 aliphatic rings. The summed E-state index contributed by atoms with van der Waals surface area (Å²) in [6, 6.07) is 22.3. The number of furan rings is 1. The summed E-state index contributed by atoms with van der Waals surface area (Å²) < 4.78 is 48.3. The summed E-state index contributed by atoms with van der Waals surface area (Å²) in [5, 5.41) is 14.2. The fourth-order valence-corrected chi connectivity index (χ4v) is 6.01. The zero-order chi connectivity index (χ0) is 31.6. The predicted molar refractivity (Wildman–Crippen MR) is 170 cm³/mol. The third-order valence-corrected chi connectivity index (χ3v) is 9.04. The zero-order valence-corrected chi connectivity index (χ0v) is 25.0. The molecule has 0 spiro atoms. The van der Waals surface area contributed by atoms with Crippen LogP contribution in [0.5, 0.6) is 0 Å². The molecule has 5 heterocycles. The smallest absolute Gasteiger partial charge is 0.255 e. The lowest BCUT2D eigenvalue weighted by molar-refractivity contribution is 0.0964. The van der Waals surface area contributed by atoms with Crippen molar-refractivity contribution in [2.24, 2.45) is 0 Å². The third-order valence-electron chi connectivity index (χ3n) is 7.87. The van der Waals surface area contributed by atoms with E-state index in [1.54, 1.807) is 18.2 Å². The predicted octanol–water partition coefficient (Wildman–Crippen LogP) is 5.88. The first-order valence-electron chi connectivity index (χ1n) is 13.7. The van der Waals surface area contributed by atoms with Crippen LogP contribution in [0.2, 0.25) is 0 Å². The van der Waals surface area contributed by atoms with E-state index in [2.05, 4.69) is 16.4 Å². The number of benzene rings is 2. The average Bonchev–Trinajstić information content (AvgIpc) is 3.61. The Labute approximate surface area is 256 Å². The van der Waals surface area contributed by atoms with Gasteiger partial charge in [0.05, 0.1) is 51.1 Å². The summed E-state index contributed by atoms with van der Waals surface area (Å²) in [7, 11) is -0.942. The van der Waals surface area contributed by atoms with E-state index in [4.69, 9.17) is 9.40 Å². The molecule has 0 unspecified atom stereocenters. The van der Waals surface area contributed by atoms with E-state index in [1.165, 1.54) is 38.4 Å². The molecule has 1 N–H and O–H groups in total. The summed E-state index contributed by atoms with van der Waals surface area (Å²) in [6.45, 7) is 0. The van der Waals surface area contributed by atoms with Crippen molar-refractivity contribution in [3.63, 3.8) is 0 Å². The lowest BCUT2D eigenvalue weighted by Gasteiger charge is -2.19. The molecule has 5 aromatic heterocycles. The Kier molecular flexibility index (Phi) is 6.31. The minimum atomic E-state index is -3.79. The molecule has 45 heavy (non-hydrogen) atoms. The molecule has 222 valence electrons. The van der Waals surface area contributed by atoms with Crippen LogP contribution in [-0.2, 0) is 10.0 Å². The van der Waals surface area contributed by atoms with Crippen LogP contribution in [-0.4, -0.2) is 49.0 Å². The largest absolute Gasteiger partial charge is 0.437 e. The van der Waals surface area contributed by atoms with Gasteiger partial charge in [-0.2, -0.15) is 10.2 Å². The number of carbonyl (C=O) groups is 1. The molecule has 2 aromatic carbocycles. The monoisotopic (exact) mass is 618 g/mol. The highest BCUT2D eigenvalue weighted by Crippen LogP contribution is 2.39. The standard InChI is InChI=1S/C33H23FN6O4S/c1-36-32(41)28-24-15-23(31(39(2)45(3,42)43)38-33(24)44-30(28)19-7-10-21(34)11-8-19)25-12-9-18-13-14-40-26-6-4-5-20(17-35)22(26)16-27(40)29(18)37-25/h4-16H,1-3H3,(H,36,41). The Balaban J connectivity index is 1.54. The van der Waals surface area contributed by atoms with E-state index < -0.39 is 21.7 Å². The van der Waals surface area contributed by atoms with Crippen LogP contribution >= 0.6 is 0 Å². The van der Waals surface area contributed by atoms with Gasteiger partial charge in [-0.25, -0.2) is 17.8 Å². The molecule has 7 aromatic rings. The van der Waals surface area contributed by atoms with Gasteiger partial charge in [-0.15, -0.1) is 0 Å². The van der Waals surface area contributed by atoms with Crippen molar-refractivity contribution >= 4 is 60.2 Å². The van der Waals surface area contributed by atoms with Gasteiger partial charge in [0.15, 0.2) is 5.82 Å². The fourth-order valence-electron chi connectivity index (χ4n) is 5.56. The number of nitriles is 1. The number of aromatic nitrogens is 3. The molecule has 0 saturated heterocycles. The summed E-state index contributed by atoms with van der Waals surface area (Å²) in [6.07, 6.45) is 2.97. The number of amides is 1. The number of hydrogen-bond donors (Lipinski definition) is 1. The second-order valence-electron chi connectivity index (χ2n) is 10.5. The first kappa shape index (κ1) is 28.0. The molecule has 0 atom stereocenters.